The molecule has 0 spiro atoms. The molecule has 2 aliphatic heterocycles. The second kappa shape index (κ2) is 9.81. The topological polar surface area (TPSA) is 104 Å². The Hall–Kier alpha value is -2.82. The smallest absolute Gasteiger partial charge is 0.318 e. The SMILES string of the molecule is Cn1c(=O)c(=O)n(C2CCN(c3ncc(COCC4CCCO4)cn3)CC2)c2ncc(Cl)cc21. The number of hydrogen-bond acceptors (Lipinski definition) is 8. The Labute approximate surface area is 201 Å². The molecular formula is C23H27ClN6O4. The van der Waals surface area contributed by atoms with Crippen LogP contribution in [0.2, 0.25) is 5.02 Å². The summed E-state index contributed by atoms with van der Waals surface area (Å²) in [7, 11) is 1.56. The summed E-state index contributed by atoms with van der Waals surface area (Å²) in [4.78, 5) is 40.9. The number of halogens is 1. The molecule has 0 N–H and O–H groups in total. The third-order valence-electron chi connectivity index (χ3n) is 6.51. The van der Waals surface area contributed by atoms with E-state index in [0.717, 1.165) is 25.0 Å². The van der Waals surface area contributed by atoms with E-state index in [0.29, 0.717) is 61.3 Å². The maximum Gasteiger partial charge on any atom is 0.318 e. The third kappa shape index (κ3) is 4.57. The van der Waals surface area contributed by atoms with E-state index in [1.54, 1.807) is 25.5 Å². The van der Waals surface area contributed by atoms with E-state index in [2.05, 4.69) is 19.9 Å². The highest BCUT2D eigenvalue weighted by Gasteiger charge is 2.26. The van der Waals surface area contributed by atoms with Crippen molar-refractivity contribution in [3.63, 3.8) is 0 Å². The van der Waals surface area contributed by atoms with Crippen LogP contribution in [0.3, 0.4) is 0 Å². The van der Waals surface area contributed by atoms with Gasteiger partial charge in [-0.25, -0.2) is 15.0 Å². The van der Waals surface area contributed by atoms with Crippen LogP contribution in [0.25, 0.3) is 11.2 Å². The lowest BCUT2D eigenvalue weighted by Crippen LogP contribution is -2.45. The van der Waals surface area contributed by atoms with Crippen molar-refractivity contribution in [3.8, 4) is 0 Å². The van der Waals surface area contributed by atoms with Gasteiger partial charge in [-0.15, -0.1) is 0 Å². The molecule has 5 rings (SSSR count). The maximum absolute atomic E-state index is 12.8. The van der Waals surface area contributed by atoms with Crippen LogP contribution >= 0.6 is 11.6 Å². The zero-order valence-electron chi connectivity index (χ0n) is 19.0. The summed E-state index contributed by atoms with van der Waals surface area (Å²) >= 11 is 6.08. The molecule has 34 heavy (non-hydrogen) atoms. The molecule has 1 atom stereocenters. The molecule has 0 amide bonds. The number of hydrogen-bond donors (Lipinski definition) is 0. The zero-order chi connectivity index (χ0) is 23.7. The minimum Gasteiger partial charge on any atom is -0.376 e. The Morgan fingerprint density at radius 3 is 2.56 bits per heavy atom. The standard InChI is InChI=1S/C23H27ClN6O4/c1-28-19-9-16(24)12-25-20(19)30(22(32)21(28)31)17-4-6-29(7-5-17)23-26-10-15(11-27-23)13-33-14-18-3-2-8-34-18/h9-12,17-18H,2-8,13-14H2,1H3. The van der Waals surface area contributed by atoms with Crippen molar-refractivity contribution < 1.29 is 9.47 Å². The molecule has 1 unspecified atom stereocenters. The lowest BCUT2D eigenvalue weighted by Gasteiger charge is -2.33. The van der Waals surface area contributed by atoms with Crippen LogP contribution in [0.5, 0.6) is 0 Å². The number of piperidine rings is 1. The van der Waals surface area contributed by atoms with Crippen LogP contribution in [0.1, 0.15) is 37.3 Å². The summed E-state index contributed by atoms with van der Waals surface area (Å²) in [6.45, 7) is 3.19. The van der Waals surface area contributed by atoms with Crippen molar-refractivity contribution in [2.24, 2.45) is 7.05 Å². The van der Waals surface area contributed by atoms with E-state index in [4.69, 9.17) is 21.1 Å². The van der Waals surface area contributed by atoms with Crippen molar-refractivity contribution in [3.05, 3.63) is 56.0 Å². The summed E-state index contributed by atoms with van der Waals surface area (Å²) < 4.78 is 14.1. The first kappa shape index (κ1) is 22.9. The van der Waals surface area contributed by atoms with Gasteiger partial charge in [-0.2, -0.15) is 0 Å². The van der Waals surface area contributed by atoms with Gasteiger partial charge in [0.05, 0.1) is 29.9 Å². The van der Waals surface area contributed by atoms with Crippen LogP contribution in [0, 0.1) is 0 Å². The van der Waals surface area contributed by atoms with Crippen LogP contribution in [-0.2, 0) is 23.1 Å². The first-order valence-electron chi connectivity index (χ1n) is 11.5. The highest BCUT2D eigenvalue weighted by atomic mass is 35.5. The van der Waals surface area contributed by atoms with E-state index in [1.165, 1.54) is 15.3 Å². The van der Waals surface area contributed by atoms with Gasteiger partial charge >= 0.3 is 11.1 Å². The number of aromatic nitrogens is 5. The fourth-order valence-electron chi connectivity index (χ4n) is 4.64. The van der Waals surface area contributed by atoms with Gasteiger partial charge in [0.15, 0.2) is 5.65 Å². The highest BCUT2D eigenvalue weighted by Crippen LogP contribution is 2.26. The number of pyridine rings is 1. The van der Waals surface area contributed by atoms with Crippen molar-refractivity contribution in [2.45, 2.75) is 44.4 Å². The number of nitrogens with zero attached hydrogens (tertiary/aromatic N) is 6. The predicted octanol–water partition coefficient (Wildman–Crippen LogP) is 2.08. The van der Waals surface area contributed by atoms with Crippen molar-refractivity contribution >= 4 is 28.7 Å². The minimum absolute atomic E-state index is 0.140. The molecule has 0 saturated carbocycles. The lowest BCUT2D eigenvalue weighted by molar-refractivity contribution is 0.0104. The molecule has 0 bridgehead atoms. The van der Waals surface area contributed by atoms with Gasteiger partial charge in [-0.05, 0) is 31.7 Å². The van der Waals surface area contributed by atoms with Crippen molar-refractivity contribution in [1.29, 1.82) is 0 Å². The lowest BCUT2D eigenvalue weighted by atomic mass is 10.0. The second-order valence-electron chi connectivity index (χ2n) is 8.80. The first-order chi connectivity index (χ1) is 16.5. The Bertz CT molecular complexity index is 1280. The quantitative estimate of drug-likeness (QED) is 0.488. The number of anilines is 1. The molecule has 11 heteroatoms. The van der Waals surface area contributed by atoms with Crippen LogP contribution in [0.4, 0.5) is 5.95 Å². The average Bonchev–Trinajstić information content (AvgIpc) is 3.38. The number of fused-ring (bicyclic) bond motifs is 1. The van der Waals surface area contributed by atoms with E-state index in [-0.39, 0.29) is 12.1 Å². The zero-order valence-corrected chi connectivity index (χ0v) is 19.8. The largest absolute Gasteiger partial charge is 0.376 e. The average molecular weight is 487 g/mol. The summed E-state index contributed by atoms with van der Waals surface area (Å²) in [5.74, 6) is 0.646. The number of ether oxygens (including phenoxy) is 2. The highest BCUT2D eigenvalue weighted by molar-refractivity contribution is 6.31. The maximum atomic E-state index is 12.8. The summed E-state index contributed by atoms with van der Waals surface area (Å²) in [6.07, 6.45) is 8.76. The first-order valence-corrected chi connectivity index (χ1v) is 11.9. The van der Waals surface area contributed by atoms with Gasteiger partial charge in [0.25, 0.3) is 0 Å². The van der Waals surface area contributed by atoms with Gasteiger partial charge in [-0.1, -0.05) is 11.6 Å². The second-order valence-corrected chi connectivity index (χ2v) is 9.23. The Kier molecular flexibility index (Phi) is 6.62. The van der Waals surface area contributed by atoms with E-state index < -0.39 is 11.1 Å². The Balaban J connectivity index is 1.25. The molecule has 3 aromatic heterocycles. The molecule has 2 saturated heterocycles. The molecule has 2 fully saturated rings. The van der Waals surface area contributed by atoms with Gasteiger partial charge in [0.2, 0.25) is 5.95 Å². The van der Waals surface area contributed by atoms with Crippen LogP contribution < -0.4 is 16.0 Å². The molecular weight excluding hydrogens is 460 g/mol. The molecule has 0 radical (unpaired) electrons. The normalized spacial score (nSPS) is 19.2. The monoisotopic (exact) mass is 486 g/mol. The van der Waals surface area contributed by atoms with Gasteiger partial charge in [0, 0.05) is 56.9 Å². The van der Waals surface area contributed by atoms with Gasteiger partial charge in [-0.3, -0.25) is 14.2 Å². The van der Waals surface area contributed by atoms with E-state index in [9.17, 15) is 9.59 Å². The van der Waals surface area contributed by atoms with Gasteiger partial charge < -0.3 is 18.9 Å². The predicted molar refractivity (Wildman–Crippen MR) is 127 cm³/mol. The molecule has 5 heterocycles. The molecule has 3 aromatic rings. The number of rotatable bonds is 6. The van der Waals surface area contributed by atoms with Gasteiger partial charge in [0.1, 0.15) is 0 Å². The van der Waals surface area contributed by atoms with Crippen LogP contribution in [0.15, 0.2) is 34.2 Å². The van der Waals surface area contributed by atoms with E-state index >= 15 is 0 Å². The number of aryl methyl sites for hydroxylation is 1. The molecule has 10 nitrogen and oxygen atoms in total. The van der Waals surface area contributed by atoms with Crippen LogP contribution in [-0.4, -0.2) is 56.5 Å². The summed E-state index contributed by atoms with van der Waals surface area (Å²) in [6, 6.07) is 1.52. The minimum atomic E-state index is -0.584. The fourth-order valence-corrected chi connectivity index (χ4v) is 4.79. The Morgan fingerprint density at radius 2 is 1.85 bits per heavy atom. The van der Waals surface area contributed by atoms with Crippen molar-refractivity contribution in [1.82, 2.24) is 24.1 Å². The fraction of sp³-hybridized carbons (Fsp3) is 0.522. The summed E-state index contributed by atoms with van der Waals surface area (Å²) in [5, 5.41) is 0.417. The molecule has 0 aliphatic carbocycles. The third-order valence-corrected chi connectivity index (χ3v) is 6.72. The molecule has 0 aromatic carbocycles. The van der Waals surface area contributed by atoms with Crippen molar-refractivity contribution in [2.75, 3.05) is 31.2 Å². The molecule has 180 valence electrons. The Morgan fingerprint density at radius 1 is 1.09 bits per heavy atom. The van der Waals surface area contributed by atoms with E-state index in [1.807, 2.05) is 0 Å². The summed E-state index contributed by atoms with van der Waals surface area (Å²) in [5.41, 5.74) is 0.782. The molecule has 2 aliphatic rings.